The molecule has 1 unspecified atom stereocenters. The van der Waals surface area contributed by atoms with Crippen LogP contribution in [0, 0.1) is 24.0 Å². The monoisotopic (exact) mass is 314 g/mol. The summed E-state index contributed by atoms with van der Waals surface area (Å²) in [6.07, 6.45) is 0.179. The van der Waals surface area contributed by atoms with Crippen LogP contribution < -0.4 is 4.72 Å². The van der Waals surface area contributed by atoms with Crippen LogP contribution in [0.25, 0.3) is 0 Å². The second-order valence-corrected chi connectivity index (χ2v) is 6.51. The molecule has 1 aromatic rings. The zero-order chi connectivity index (χ0) is 16.4. The van der Waals surface area contributed by atoms with Gasteiger partial charge in [0.1, 0.15) is 5.78 Å². The molecule has 0 aliphatic rings. The first-order valence-electron chi connectivity index (χ1n) is 6.40. The average Bonchev–Trinajstić information content (AvgIpc) is 2.39. The third-order valence-corrected chi connectivity index (χ3v) is 4.79. The van der Waals surface area contributed by atoms with Gasteiger partial charge in [0.15, 0.2) is 4.90 Å². The van der Waals surface area contributed by atoms with E-state index in [9.17, 15) is 23.3 Å². The number of aryl methyl sites for hydroxylation is 2. The summed E-state index contributed by atoms with van der Waals surface area (Å²) < 4.78 is 26.8. The molecule has 0 aliphatic heterocycles. The Bertz CT molecular complexity index is 682. The standard InChI is InChI=1S/C13H18N2O5S/c1-5-12(16)10(4)14-21(19,20)13-7-9(3)8(2)6-11(13)15(17)18/h6-7,10,14H,5H2,1-4H3. The lowest BCUT2D eigenvalue weighted by molar-refractivity contribution is -0.387. The van der Waals surface area contributed by atoms with Gasteiger partial charge in [0, 0.05) is 12.5 Å². The summed E-state index contributed by atoms with van der Waals surface area (Å²) in [5, 5.41) is 11.1. The van der Waals surface area contributed by atoms with Gasteiger partial charge in [-0.1, -0.05) is 6.92 Å². The Balaban J connectivity index is 3.34. The Morgan fingerprint density at radius 3 is 2.33 bits per heavy atom. The Kier molecular flexibility index (Phi) is 5.19. The molecule has 0 amide bonds. The summed E-state index contributed by atoms with van der Waals surface area (Å²) in [6.45, 7) is 6.36. The summed E-state index contributed by atoms with van der Waals surface area (Å²) >= 11 is 0. The molecule has 0 spiro atoms. The van der Waals surface area contributed by atoms with E-state index in [1.54, 1.807) is 20.8 Å². The van der Waals surface area contributed by atoms with Gasteiger partial charge in [0.25, 0.3) is 5.69 Å². The van der Waals surface area contributed by atoms with Crippen LogP contribution in [0.5, 0.6) is 0 Å². The second-order valence-electron chi connectivity index (χ2n) is 4.82. The van der Waals surface area contributed by atoms with E-state index in [0.29, 0.717) is 11.1 Å². The smallest absolute Gasteiger partial charge is 0.289 e. The van der Waals surface area contributed by atoms with Crippen molar-refractivity contribution in [3.63, 3.8) is 0 Å². The second kappa shape index (κ2) is 6.31. The first kappa shape index (κ1) is 17.3. The van der Waals surface area contributed by atoms with Gasteiger partial charge in [-0.15, -0.1) is 0 Å². The molecule has 21 heavy (non-hydrogen) atoms. The molecule has 8 heteroatoms. The minimum absolute atomic E-state index is 0.179. The highest BCUT2D eigenvalue weighted by Crippen LogP contribution is 2.27. The van der Waals surface area contributed by atoms with E-state index >= 15 is 0 Å². The van der Waals surface area contributed by atoms with Crippen molar-refractivity contribution in [3.8, 4) is 0 Å². The number of nitrogens with one attached hydrogen (secondary N) is 1. The van der Waals surface area contributed by atoms with Gasteiger partial charge in [-0.25, -0.2) is 13.1 Å². The largest absolute Gasteiger partial charge is 0.298 e. The Morgan fingerprint density at radius 2 is 1.86 bits per heavy atom. The molecule has 0 aliphatic carbocycles. The maximum Gasteiger partial charge on any atom is 0.289 e. The summed E-state index contributed by atoms with van der Waals surface area (Å²) in [4.78, 5) is 21.4. The van der Waals surface area contributed by atoms with Gasteiger partial charge in [0.05, 0.1) is 11.0 Å². The Morgan fingerprint density at radius 1 is 1.33 bits per heavy atom. The topological polar surface area (TPSA) is 106 Å². The molecular formula is C13H18N2O5S. The summed E-state index contributed by atoms with van der Waals surface area (Å²) in [7, 11) is -4.14. The summed E-state index contributed by atoms with van der Waals surface area (Å²) in [6, 6.07) is 1.54. The van der Waals surface area contributed by atoms with Crippen LogP contribution in [0.4, 0.5) is 5.69 Å². The highest BCUT2D eigenvalue weighted by Gasteiger charge is 2.29. The first-order chi connectivity index (χ1) is 9.60. The van der Waals surface area contributed by atoms with Crippen molar-refractivity contribution in [1.29, 1.82) is 0 Å². The minimum Gasteiger partial charge on any atom is -0.298 e. The molecule has 0 aromatic heterocycles. The number of carbonyl (C=O) groups is 1. The molecule has 0 heterocycles. The Hall–Kier alpha value is -1.80. The first-order valence-corrected chi connectivity index (χ1v) is 7.89. The predicted octanol–water partition coefficient (Wildman–Crippen LogP) is 1.86. The number of nitro benzene ring substituents is 1. The van der Waals surface area contributed by atoms with E-state index in [4.69, 9.17) is 0 Å². The lowest BCUT2D eigenvalue weighted by atomic mass is 10.1. The minimum atomic E-state index is -4.14. The van der Waals surface area contributed by atoms with Crippen LogP contribution in [0.3, 0.4) is 0 Å². The van der Waals surface area contributed by atoms with Crippen molar-refractivity contribution < 1.29 is 18.1 Å². The van der Waals surface area contributed by atoms with Gasteiger partial charge in [0.2, 0.25) is 10.0 Å². The van der Waals surface area contributed by atoms with Crippen molar-refractivity contribution in [2.24, 2.45) is 0 Å². The van der Waals surface area contributed by atoms with E-state index in [2.05, 4.69) is 4.72 Å². The van der Waals surface area contributed by atoms with Crippen molar-refractivity contribution >= 4 is 21.5 Å². The van der Waals surface area contributed by atoms with Crippen LogP contribution in [0.2, 0.25) is 0 Å². The summed E-state index contributed by atoms with van der Waals surface area (Å²) in [5.74, 6) is -0.287. The molecular weight excluding hydrogens is 296 g/mol. The number of sulfonamides is 1. The van der Waals surface area contributed by atoms with Crippen molar-refractivity contribution in [3.05, 3.63) is 33.4 Å². The van der Waals surface area contributed by atoms with E-state index in [1.807, 2.05) is 0 Å². The van der Waals surface area contributed by atoms with Gasteiger partial charge in [-0.2, -0.15) is 0 Å². The number of nitro groups is 1. The number of benzene rings is 1. The lowest BCUT2D eigenvalue weighted by Crippen LogP contribution is -2.38. The van der Waals surface area contributed by atoms with Gasteiger partial charge in [-0.05, 0) is 38.0 Å². The van der Waals surface area contributed by atoms with Crippen LogP contribution in [-0.4, -0.2) is 25.2 Å². The van der Waals surface area contributed by atoms with Crippen LogP contribution in [0.15, 0.2) is 17.0 Å². The van der Waals surface area contributed by atoms with E-state index in [1.165, 1.54) is 19.1 Å². The van der Waals surface area contributed by atoms with Gasteiger partial charge >= 0.3 is 0 Å². The van der Waals surface area contributed by atoms with Crippen LogP contribution in [-0.2, 0) is 14.8 Å². The molecule has 1 N–H and O–H groups in total. The molecule has 7 nitrogen and oxygen atoms in total. The fourth-order valence-electron chi connectivity index (χ4n) is 1.80. The fraction of sp³-hybridized carbons (Fsp3) is 0.462. The molecule has 1 atom stereocenters. The number of nitrogens with zero attached hydrogens (tertiary/aromatic N) is 1. The highest BCUT2D eigenvalue weighted by molar-refractivity contribution is 7.89. The normalized spacial score (nSPS) is 13.0. The van der Waals surface area contributed by atoms with Crippen LogP contribution in [0.1, 0.15) is 31.4 Å². The molecule has 0 fully saturated rings. The lowest BCUT2D eigenvalue weighted by Gasteiger charge is -2.13. The van der Waals surface area contributed by atoms with Gasteiger partial charge in [-0.3, -0.25) is 14.9 Å². The predicted molar refractivity (Wildman–Crippen MR) is 77.7 cm³/mol. The molecule has 1 rings (SSSR count). The molecule has 1 aromatic carbocycles. The molecule has 0 saturated carbocycles. The third kappa shape index (κ3) is 3.85. The zero-order valence-electron chi connectivity index (χ0n) is 12.3. The molecule has 0 saturated heterocycles. The van der Waals surface area contributed by atoms with E-state index < -0.39 is 31.6 Å². The maximum atomic E-state index is 12.3. The zero-order valence-corrected chi connectivity index (χ0v) is 13.2. The molecule has 0 bridgehead atoms. The quantitative estimate of drug-likeness (QED) is 0.637. The molecule has 0 radical (unpaired) electrons. The van der Waals surface area contributed by atoms with Crippen molar-refractivity contribution in [1.82, 2.24) is 4.72 Å². The third-order valence-electron chi connectivity index (χ3n) is 3.22. The number of ketones is 1. The number of rotatable bonds is 6. The van der Waals surface area contributed by atoms with E-state index in [0.717, 1.165) is 0 Å². The maximum absolute atomic E-state index is 12.3. The number of Topliss-reactive ketones (excluding diaryl/α,β-unsaturated/α-hetero) is 1. The summed E-state index contributed by atoms with van der Waals surface area (Å²) in [5.41, 5.74) is 0.746. The van der Waals surface area contributed by atoms with Crippen molar-refractivity contribution in [2.75, 3.05) is 0 Å². The van der Waals surface area contributed by atoms with Gasteiger partial charge < -0.3 is 0 Å². The van der Waals surface area contributed by atoms with Crippen molar-refractivity contribution in [2.45, 2.75) is 45.1 Å². The SMILES string of the molecule is CCC(=O)C(C)NS(=O)(=O)c1cc(C)c(C)cc1[N+](=O)[O-]. The number of hydrogen-bond acceptors (Lipinski definition) is 5. The number of carbonyl (C=O) groups excluding carboxylic acids is 1. The highest BCUT2D eigenvalue weighted by atomic mass is 32.2. The Labute approximate surface area is 123 Å². The van der Waals surface area contributed by atoms with Crippen LogP contribution >= 0.6 is 0 Å². The van der Waals surface area contributed by atoms with E-state index in [-0.39, 0.29) is 12.2 Å². The number of hydrogen-bond donors (Lipinski definition) is 1. The molecule has 116 valence electrons. The average molecular weight is 314 g/mol. The fourth-order valence-corrected chi connectivity index (χ4v) is 3.27.